The summed E-state index contributed by atoms with van der Waals surface area (Å²) in [6.07, 6.45) is 0. The van der Waals surface area contributed by atoms with Crippen molar-refractivity contribution in [3.8, 4) is 0 Å². The van der Waals surface area contributed by atoms with E-state index in [1.165, 1.54) is 4.90 Å². The van der Waals surface area contributed by atoms with Gasteiger partial charge in [0.2, 0.25) is 0 Å². The lowest BCUT2D eigenvalue weighted by molar-refractivity contribution is -0.145. The standard InChI is InChI=1S/C16H24N4O2/c1-2-20(14-6-4-3-5-7-14)16(22)15(21)19-12-10-18(9-8-17)11-13-19/h3-7H,2,8-13,17H2,1H3. The molecule has 2 rings (SSSR count). The van der Waals surface area contributed by atoms with Gasteiger partial charge in [-0.05, 0) is 19.1 Å². The number of carbonyl (C=O) groups excluding carboxylic acids is 2. The van der Waals surface area contributed by atoms with Crippen LogP contribution in [-0.4, -0.2) is 67.4 Å². The van der Waals surface area contributed by atoms with Gasteiger partial charge < -0.3 is 15.5 Å². The van der Waals surface area contributed by atoms with Crippen molar-refractivity contribution in [2.45, 2.75) is 6.92 Å². The third-order valence-electron chi connectivity index (χ3n) is 3.92. The van der Waals surface area contributed by atoms with E-state index in [1.807, 2.05) is 37.3 Å². The van der Waals surface area contributed by atoms with E-state index in [4.69, 9.17) is 5.73 Å². The number of hydrogen-bond donors (Lipinski definition) is 1. The fourth-order valence-corrected chi connectivity index (χ4v) is 2.66. The zero-order valence-electron chi connectivity index (χ0n) is 13.1. The number of anilines is 1. The summed E-state index contributed by atoms with van der Waals surface area (Å²) in [7, 11) is 0. The summed E-state index contributed by atoms with van der Waals surface area (Å²) in [4.78, 5) is 30.3. The molecular weight excluding hydrogens is 280 g/mol. The van der Waals surface area contributed by atoms with Gasteiger partial charge in [-0.3, -0.25) is 14.5 Å². The number of hydrogen-bond acceptors (Lipinski definition) is 4. The van der Waals surface area contributed by atoms with Crippen LogP contribution in [0.2, 0.25) is 0 Å². The molecule has 1 aliphatic heterocycles. The Bertz CT molecular complexity index is 498. The summed E-state index contributed by atoms with van der Waals surface area (Å²) < 4.78 is 0. The van der Waals surface area contributed by atoms with Gasteiger partial charge in [0, 0.05) is 51.5 Å². The average molecular weight is 304 g/mol. The molecule has 1 heterocycles. The summed E-state index contributed by atoms with van der Waals surface area (Å²) in [5.41, 5.74) is 6.30. The minimum atomic E-state index is -0.457. The molecule has 1 aromatic rings. The van der Waals surface area contributed by atoms with Crippen LogP contribution in [0.1, 0.15) is 6.92 Å². The first kappa shape index (κ1) is 16.5. The molecule has 1 aliphatic rings. The highest BCUT2D eigenvalue weighted by molar-refractivity contribution is 6.40. The van der Waals surface area contributed by atoms with E-state index in [2.05, 4.69) is 4.90 Å². The van der Waals surface area contributed by atoms with Crippen molar-refractivity contribution in [3.63, 3.8) is 0 Å². The second-order valence-electron chi connectivity index (χ2n) is 5.31. The van der Waals surface area contributed by atoms with E-state index >= 15 is 0 Å². The smallest absolute Gasteiger partial charge is 0.316 e. The first-order chi connectivity index (χ1) is 10.7. The first-order valence-corrected chi connectivity index (χ1v) is 7.75. The monoisotopic (exact) mass is 304 g/mol. The minimum absolute atomic E-state index is 0.418. The Morgan fingerprint density at radius 3 is 2.32 bits per heavy atom. The summed E-state index contributed by atoms with van der Waals surface area (Å²) in [5.74, 6) is -0.876. The van der Waals surface area contributed by atoms with E-state index in [1.54, 1.807) is 4.90 Å². The van der Waals surface area contributed by atoms with Crippen molar-refractivity contribution in [1.29, 1.82) is 0 Å². The topological polar surface area (TPSA) is 69.9 Å². The third-order valence-corrected chi connectivity index (χ3v) is 3.92. The molecule has 1 aromatic carbocycles. The molecule has 0 atom stereocenters. The van der Waals surface area contributed by atoms with E-state index in [0.29, 0.717) is 26.2 Å². The summed E-state index contributed by atoms with van der Waals surface area (Å²) in [5, 5.41) is 0. The van der Waals surface area contributed by atoms with Crippen LogP contribution in [0.5, 0.6) is 0 Å². The van der Waals surface area contributed by atoms with E-state index < -0.39 is 11.8 Å². The van der Waals surface area contributed by atoms with Gasteiger partial charge in [0.1, 0.15) is 0 Å². The molecule has 0 aliphatic carbocycles. The van der Waals surface area contributed by atoms with E-state index in [9.17, 15) is 9.59 Å². The molecule has 6 nitrogen and oxygen atoms in total. The Kier molecular flexibility index (Phi) is 5.91. The minimum Gasteiger partial charge on any atom is -0.332 e. The van der Waals surface area contributed by atoms with Crippen LogP contribution in [0.4, 0.5) is 5.69 Å². The van der Waals surface area contributed by atoms with Crippen LogP contribution >= 0.6 is 0 Å². The van der Waals surface area contributed by atoms with Crippen LogP contribution < -0.4 is 10.6 Å². The highest BCUT2D eigenvalue weighted by Crippen LogP contribution is 2.14. The molecule has 2 amide bonds. The Morgan fingerprint density at radius 2 is 1.77 bits per heavy atom. The fraction of sp³-hybridized carbons (Fsp3) is 0.500. The Hall–Kier alpha value is -1.92. The van der Waals surface area contributed by atoms with Crippen molar-refractivity contribution in [2.24, 2.45) is 5.73 Å². The second-order valence-corrected chi connectivity index (χ2v) is 5.31. The number of likely N-dealkylation sites (N-methyl/N-ethyl adjacent to an activating group) is 1. The van der Waals surface area contributed by atoms with Gasteiger partial charge in [0.25, 0.3) is 0 Å². The summed E-state index contributed by atoms with van der Waals surface area (Å²) in [6.45, 7) is 6.50. The molecule has 6 heteroatoms. The lowest BCUT2D eigenvalue weighted by atomic mass is 10.2. The lowest BCUT2D eigenvalue weighted by Gasteiger charge is -2.35. The number of nitrogens with zero attached hydrogens (tertiary/aromatic N) is 3. The molecule has 1 saturated heterocycles. The predicted octanol–water partition coefficient (Wildman–Crippen LogP) is 0.142. The molecular formula is C16H24N4O2. The summed E-state index contributed by atoms with van der Waals surface area (Å²) >= 11 is 0. The third kappa shape index (κ3) is 3.84. The van der Waals surface area contributed by atoms with Crippen molar-refractivity contribution >= 4 is 17.5 Å². The molecule has 0 bridgehead atoms. The van der Waals surface area contributed by atoms with Crippen LogP contribution in [0.3, 0.4) is 0 Å². The molecule has 1 fully saturated rings. The highest BCUT2D eigenvalue weighted by atomic mass is 16.2. The zero-order valence-corrected chi connectivity index (χ0v) is 13.1. The number of amides is 2. The first-order valence-electron chi connectivity index (χ1n) is 7.75. The van der Waals surface area contributed by atoms with Gasteiger partial charge >= 0.3 is 11.8 Å². The largest absolute Gasteiger partial charge is 0.332 e. The second kappa shape index (κ2) is 7.91. The average Bonchev–Trinajstić information content (AvgIpc) is 2.57. The Morgan fingerprint density at radius 1 is 1.14 bits per heavy atom. The Balaban J connectivity index is 1.98. The number of piperazine rings is 1. The maximum Gasteiger partial charge on any atom is 0.316 e. The van der Waals surface area contributed by atoms with Gasteiger partial charge in [-0.2, -0.15) is 0 Å². The maximum absolute atomic E-state index is 12.5. The van der Waals surface area contributed by atoms with Gasteiger partial charge in [-0.25, -0.2) is 0 Å². The lowest BCUT2D eigenvalue weighted by Crippen LogP contribution is -2.54. The van der Waals surface area contributed by atoms with Gasteiger partial charge in [0.15, 0.2) is 0 Å². The maximum atomic E-state index is 12.5. The normalized spacial score (nSPS) is 15.6. The zero-order chi connectivity index (χ0) is 15.9. The number of rotatable bonds is 4. The quantitative estimate of drug-likeness (QED) is 0.804. The van der Waals surface area contributed by atoms with E-state index in [0.717, 1.165) is 25.3 Å². The van der Waals surface area contributed by atoms with Crippen molar-refractivity contribution in [2.75, 3.05) is 50.7 Å². The molecule has 120 valence electrons. The van der Waals surface area contributed by atoms with Crippen LogP contribution in [0.25, 0.3) is 0 Å². The van der Waals surface area contributed by atoms with Crippen molar-refractivity contribution in [3.05, 3.63) is 30.3 Å². The Labute approximate surface area is 131 Å². The predicted molar refractivity (Wildman–Crippen MR) is 86.5 cm³/mol. The van der Waals surface area contributed by atoms with E-state index in [-0.39, 0.29) is 0 Å². The fourth-order valence-electron chi connectivity index (χ4n) is 2.66. The van der Waals surface area contributed by atoms with Gasteiger partial charge in [-0.15, -0.1) is 0 Å². The van der Waals surface area contributed by atoms with Gasteiger partial charge in [0.05, 0.1) is 0 Å². The summed E-state index contributed by atoms with van der Waals surface area (Å²) in [6, 6.07) is 9.30. The molecule has 0 spiro atoms. The molecule has 22 heavy (non-hydrogen) atoms. The molecule has 0 saturated carbocycles. The van der Waals surface area contributed by atoms with Crippen LogP contribution in [0, 0.1) is 0 Å². The van der Waals surface area contributed by atoms with Crippen LogP contribution in [0.15, 0.2) is 30.3 Å². The van der Waals surface area contributed by atoms with Gasteiger partial charge in [-0.1, -0.05) is 18.2 Å². The molecule has 0 radical (unpaired) electrons. The number of nitrogens with two attached hydrogens (primary N) is 1. The van der Waals surface area contributed by atoms with Crippen molar-refractivity contribution < 1.29 is 9.59 Å². The molecule has 0 aromatic heterocycles. The number of carbonyl (C=O) groups is 2. The highest BCUT2D eigenvalue weighted by Gasteiger charge is 2.29. The van der Waals surface area contributed by atoms with Crippen molar-refractivity contribution in [1.82, 2.24) is 9.80 Å². The SMILES string of the molecule is CCN(C(=O)C(=O)N1CCN(CCN)CC1)c1ccccc1. The van der Waals surface area contributed by atoms with Crippen LogP contribution in [-0.2, 0) is 9.59 Å². The number of benzene rings is 1. The molecule has 2 N–H and O–H groups in total. The number of para-hydroxylation sites is 1. The molecule has 0 unspecified atom stereocenters.